The van der Waals surface area contributed by atoms with Gasteiger partial charge in [0.1, 0.15) is 5.78 Å². The minimum atomic E-state index is 0.330. The number of Topliss-reactive ketones (excluding diaryl/α,β-unsaturated/α-hetero) is 1. The van der Waals surface area contributed by atoms with Crippen molar-refractivity contribution in [2.24, 2.45) is 11.8 Å². The molecule has 0 aromatic rings. The van der Waals surface area contributed by atoms with Crippen molar-refractivity contribution < 1.29 is 4.79 Å². The van der Waals surface area contributed by atoms with Crippen molar-refractivity contribution in [1.82, 2.24) is 0 Å². The second-order valence-corrected chi connectivity index (χ2v) is 3.81. The van der Waals surface area contributed by atoms with Crippen LogP contribution in [0.3, 0.4) is 0 Å². The van der Waals surface area contributed by atoms with E-state index in [0.717, 1.165) is 25.7 Å². The smallest absolute Gasteiger partial charge is 0.136 e. The van der Waals surface area contributed by atoms with Gasteiger partial charge < -0.3 is 0 Å². The first kappa shape index (κ1) is 9.50. The molecule has 1 aliphatic carbocycles. The number of rotatable bonds is 3. The molecular formula is C11H18O. The first-order chi connectivity index (χ1) is 5.75. The molecule has 68 valence electrons. The van der Waals surface area contributed by atoms with Gasteiger partial charge in [-0.15, -0.1) is 6.58 Å². The maximum Gasteiger partial charge on any atom is 0.136 e. The van der Waals surface area contributed by atoms with Crippen molar-refractivity contribution in [3.05, 3.63) is 12.7 Å². The molecule has 1 aliphatic rings. The van der Waals surface area contributed by atoms with Crippen molar-refractivity contribution >= 4 is 5.78 Å². The predicted octanol–water partition coefficient (Wildman–Crippen LogP) is 2.96. The Labute approximate surface area is 74.9 Å². The van der Waals surface area contributed by atoms with Crippen LogP contribution in [0.1, 0.15) is 39.0 Å². The zero-order chi connectivity index (χ0) is 8.97. The van der Waals surface area contributed by atoms with Crippen LogP contribution in [-0.2, 0) is 4.79 Å². The lowest BCUT2D eigenvalue weighted by Gasteiger charge is -2.26. The lowest BCUT2D eigenvalue weighted by atomic mass is 9.77. The third kappa shape index (κ3) is 2.20. The normalized spacial score (nSPS) is 30.2. The van der Waals surface area contributed by atoms with E-state index < -0.39 is 0 Å². The van der Waals surface area contributed by atoms with Gasteiger partial charge in [-0.1, -0.05) is 13.0 Å². The molecule has 0 bridgehead atoms. The Morgan fingerprint density at radius 3 is 3.00 bits per heavy atom. The Hall–Kier alpha value is -0.590. The number of carbonyl (C=O) groups is 1. The van der Waals surface area contributed by atoms with E-state index in [9.17, 15) is 4.79 Å². The molecule has 0 radical (unpaired) electrons. The van der Waals surface area contributed by atoms with Gasteiger partial charge in [-0.3, -0.25) is 4.79 Å². The van der Waals surface area contributed by atoms with E-state index in [0.29, 0.717) is 17.6 Å². The number of carbonyl (C=O) groups excluding carboxylic acids is 1. The molecule has 1 nitrogen and oxygen atoms in total. The van der Waals surface area contributed by atoms with Crippen molar-refractivity contribution in [3.8, 4) is 0 Å². The molecular weight excluding hydrogens is 148 g/mol. The van der Waals surface area contributed by atoms with Crippen LogP contribution in [0.25, 0.3) is 0 Å². The molecule has 2 atom stereocenters. The first-order valence-corrected chi connectivity index (χ1v) is 4.89. The van der Waals surface area contributed by atoms with E-state index in [2.05, 4.69) is 13.5 Å². The van der Waals surface area contributed by atoms with Gasteiger partial charge >= 0.3 is 0 Å². The van der Waals surface area contributed by atoms with Crippen molar-refractivity contribution in [3.63, 3.8) is 0 Å². The molecule has 12 heavy (non-hydrogen) atoms. The summed E-state index contributed by atoms with van der Waals surface area (Å²) in [5.74, 6) is 1.42. The summed E-state index contributed by atoms with van der Waals surface area (Å²) in [7, 11) is 0. The summed E-state index contributed by atoms with van der Waals surface area (Å²) >= 11 is 0. The van der Waals surface area contributed by atoms with E-state index in [-0.39, 0.29) is 0 Å². The number of hydrogen-bond acceptors (Lipinski definition) is 1. The molecule has 0 spiro atoms. The Morgan fingerprint density at radius 2 is 2.42 bits per heavy atom. The van der Waals surface area contributed by atoms with E-state index in [1.165, 1.54) is 6.42 Å². The van der Waals surface area contributed by atoms with Crippen LogP contribution in [0.4, 0.5) is 0 Å². The maximum atomic E-state index is 11.5. The third-order valence-corrected chi connectivity index (χ3v) is 2.86. The molecule has 0 aromatic heterocycles. The molecule has 0 N–H and O–H groups in total. The summed E-state index contributed by atoms with van der Waals surface area (Å²) in [6.45, 7) is 5.88. The monoisotopic (exact) mass is 166 g/mol. The zero-order valence-corrected chi connectivity index (χ0v) is 7.88. The lowest BCUT2D eigenvalue weighted by molar-refractivity contribution is -0.126. The van der Waals surface area contributed by atoms with Gasteiger partial charge in [0.15, 0.2) is 0 Å². The fraction of sp³-hybridized carbons (Fsp3) is 0.727. The van der Waals surface area contributed by atoms with Crippen LogP contribution >= 0.6 is 0 Å². The summed E-state index contributed by atoms with van der Waals surface area (Å²) < 4.78 is 0. The van der Waals surface area contributed by atoms with Gasteiger partial charge in [0.05, 0.1) is 0 Å². The summed E-state index contributed by atoms with van der Waals surface area (Å²) in [6, 6.07) is 0. The molecule has 1 heteroatoms. The largest absolute Gasteiger partial charge is 0.299 e. The Balaban J connectivity index is 2.45. The molecule has 1 fully saturated rings. The average Bonchev–Trinajstić information content (AvgIpc) is 2.04. The minimum Gasteiger partial charge on any atom is -0.299 e. The minimum absolute atomic E-state index is 0.330. The predicted molar refractivity (Wildman–Crippen MR) is 50.9 cm³/mol. The van der Waals surface area contributed by atoms with Crippen LogP contribution in [0.15, 0.2) is 12.7 Å². The van der Waals surface area contributed by atoms with Crippen LogP contribution in [0.2, 0.25) is 0 Å². The summed E-state index contributed by atoms with van der Waals surface area (Å²) in [6.07, 6.45) is 7.06. The Bertz CT molecular complexity index is 172. The lowest BCUT2D eigenvalue weighted by Crippen LogP contribution is -2.26. The highest BCUT2D eigenvalue weighted by Crippen LogP contribution is 2.30. The highest BCUT2D eigenvalue weighted by molar-refractivity contribution is 5.81. The van der Waals surface area contributed by atoms with E-state index in [1.807, 2.05) is 6.08 Å². The number of hydrogen-bond donors (Lipinski definition) is 0. The molecule has 0 aromatic carbocycles. The molecule has 1 saturated carbocycles. The maximum absolute atomic E-state index is 11.5. The highest BCUT2D eigenvalue weighted by atomic mass is 16.1. The van der Waals surface area contributed by atoms with E-state index in [1.54, 1.807) is 0 Å². The van der Waals surface area contributed by atoms with Gasteiger partial charge in [-0.2, -0.15) is 0 Å². The molecule has 2 unspecified atom stereocenters. The van der Waals surface area contributed by atoms with Crippen molar-refractivity contribution in [2.75, 3.05) is 0 Å². The second kappa shape index (κ2) is 4.44. The fourth-order valence-corrected chi connectivity index (χ4v) is 2.05. The quantitative estimate of drug-likeness (QED) is 0.589. The van der Waals surface area contributed by atoms with Crippen molar-refractivity contribution in [1.29, 1.82) is 0 Å². The van der Waals surface area contributed by atoms with E-state index in [4.69, 9.17) is 0 Å². The van der Waals surface area contributed by atoms with Gasteiger partial charge in [-0.05, 0) is 31.6 Å². The number of allylic oxidation sites excluding steroid dienone is 1. The van der Waals surface area contributed by atoms with E-state index >= 15 is 0 Å². The first-order valence-electron chi connectivity index (χ1n) is 4.89. The molecule has 0 heterocycles. The zero-order valence-electron chi connectivity index (χ0n) is 7.88. The highest BCUT2D eigenvalue weighted by Gasteiger charge is 2.27. The van der Waals surface area contributed by atoms with Crippen LogP contribution in [0.5, 0.6) is 0 Å². The summed E-state index contributed by atoms with van der Waals surface area (Å²) in [4.78, 5) is 11.5. The van der Waals surface area contributed by atoms with Crippen LogP contribution < -0.4 is 0 Å². The van der Waals surface area contributed by atoms with Crippen LogP contribution in [0, 0.1) is 11.8 Å². The SMILES string of the molecule is C=CCCC1C(=O)CCCC1C. The Morgan fingerprint density at radius 1 is 1.67 bits per heavy atom. The summed E-state index contributed by atoms with van der Waals surface area (Å²) in [5.41, 5.74) is 0. The Kier molecular flexibility index (Phi) is 3.51. The standard InChI is InChI=1S/C11H18O/c1-3-4-7-10-9(2)6-5-8-11(10)12/h3,9-10H,1,4-8H2,2H3. The molecule has 0 saturated heterocycles. The summed E-state index contributed by atoms with van der Waals surface area (Å²) in [5, 5.41) is 0. The van der Waals surface area contributed by atoms with Gasteiger partial charge in [0, 0.05) is 12.3 Å². The fourth-order valence-electron chi connectivity index (χ4n) is 2.05. The van der Waals surface area contributed by atoms with Gasteiger partial charge in [0.2, 0.25) is 0 Å². The second-order valence-electron chi connectivity index (χ2n) is 3.81. The molecule has 0 amide bonds. The average molecular weight is 166 g/mol. The third-order valence-electron chi connectivity index (χ3n) is 2.86. The van der Waals surface area contributed by atoms with Gasteiger partial charge in [-0.25, -0.2) is 0 Å². The molecule has 0 aliphatic heterocycles. The van der Waals surface area contributed by atoms with Crippen molar-refractivity contribution in [2.45, 2.75) is 39.0 Å². The van der Waals surface area contributed by atoms with Gasteiger partial charge in [0.25, 0.3) is 0 Å². The number of ketones is 1. The van der Waals surface area contributed by atoms with Crippen LogP contribution in [-0.4, -0.2) is 5.78 Å². The molecule has 1 rings (SSSR count). The topological polar surface area (TPSA) is 17.1 Å².